The molecule has 0 fully saturated rings. The van der Waals surface area contributed by atoms with Gasteiger partial charge in [0.2, 0.25) is 5.69 Å². The fraction of sp³-hybridized carbons (Fsp3) is 0.250. The predicted molar refractivity (Wildman–Crippen MR) is 55.6 cm³/mol. The summed E-state index contributed by atoms with van der Waals surface area (Å²) in [4.78, 5) is 1.82. The van der Waals surface area contributed by atoms with Gasteiger partial charge in [-0.05, 0) is 12.1 Å². The molecule has 1 rings (SSSR count). The summed E-state index contributed by atoms with van der Waals surface area (Å²) in [6, 6.07) is 5.99. The van der Waals surface area contributed by atoms with Crippen molar-refractivity contribution in [1.82, 2.24) is 0 Å². The Kier molecular flexibility index (Phi) is 3.06. The Bertz CT molecular complexity index is 464. The Morgan fingerprint density at radius 2 is 1.73 bits per heavy atom. The maximum Gasteiger partial charge on any atom is 0.501 e. The van der Waals surface area contributed by atoms with Gasteiger partial charge in [0.15, 0.2) is 0 Å². The molecule has 0 aromatic heterocycles. The Balaban J connectivity index is 3.05. The van der Waals surface area contributed by atoms with Crippen LogP contribution in [0.2, 0.25) is 0 Å². The summed E-state index contributed by atoms with van der Waals surface area (Å²) < 4.78 is 29.5. The average Bonchev–Trinajstić information content (AvgIpc) is 2.15. The first-order valence-corrected chi connectivity index (χ1v) is 5.46. The van der Waals surface area contributed by atoms with E-state index in [2.05, 4.69) is 0 Å². The molecule has 0 aliphatic heterocycles. The quantitative estimate of drug-likeness (QED) is 0.480. The molecule has 1 aromatic carbocycles. The minimum absolute atomic E-state index is 0.0249. The van der Waals surface area contributed by atoms with Crippen LogP contribution in [0, 0.1) is 0 Å². The van der Waals surface area contributed by atoms with E-state index in [-0.39, 0.29) is 9.79 Å². The van der Waals surface area contributed by atoms with E-state index in [9.17, 15) is 8.42 Å². The number of hydrogen-bond acceptors (Lipinski definition) is 3. The van der Waals surface area contributed by atoms with Gasteiger partial charge in [-0.2, -0.15) is 0 Å². The van der Waals surface area contributed by atoms with Gasteiger partial charge < -0.3 is 10.4 Å². The maximum absolute atomic E-state index is 10.6. The van der Waals surface area contributed by atoms with E-state index < -0.39 is 10.3 Å². The van der Waals surface area contributed by atoms with E-state index in [0.29, 0.717) is 0 Å². The van der Waals surface area contributed by atoms with E-state index >= 15 is 0 Å². The van der Waals surface area contributed by atoms with Gasteiger partial charge in [0, 0.05) is 31.9 Å². The lowest BCUT2D eigenvalue weighted by atomic mass is 10.3. The van der Waals surface area contributed by atoms with Gasteiger partial charge in [-0.15, -0.1) is 12.5 Å². The highest BCUT2D eigenvalue weighted by atomic mass is 32.2. The highest BCUT2D eigenvalue weighted by Gasteiger charge is 2.17. The molecule has 0 unspecified atom stereocenters. The Morgan fingerprint density at radius 1 is 1.27 bits per heavy atom. The number of nitrogens with zero attached hydrogens (tertiary/aromatic N) is 3. The van der Waals surface area contributed by atoms with E-state index in [1.165, 1.54) is 12.1 Å². The molecule has 6 nitrogen and oxygen atoms in total. The summed E-state index contributed by atoms with van der Waals surface area (Å²) in [6.07, 6.45) is 0. The molecule has 0 saturated carbocycles. The zero-order valence-electron chi connectivity index (χ0n) is 8.32. The first-order valence-electron chi connectivity index (χ1n) is 4.06. The molecule has 15 heavy (non-hydrogen) atoms. The zero-order chi connectivity index (χ0) is 11.6. The fourth-order valence-corrected chi connectivity index (χ4v) is 1.40. The monoisotopic (exact) mass is 229 g/mol. The Labute approximate surface area is 88.1 Å². The second-order valence-corrected chi connectivity index (χ2v) is 4.37. The van der Waals surface area contributed by atoms with E-state index in [4.69, 9.17) is 10.1 Å². The number of benzene rings is 1. The Hall–Kier alpha value is -1.47. The van der Waals surface area contributed by atoms with Crippen LogP contribution >= 0.6 is 0 Å². The van der Waals surface area contributed by atoms with Gasteiger partial charge in [0.1, 0.15) is 0 Å². The highest BCUT2D eigenvalue weighted by Crippen LogP contribution is 2.19. The van der Waals surface area contributed by atoms with Crippen LogP contribution in [0.25, 0.3) is 5.53 Å². The number of anilines is 1. The van der Waals surface area contributed by atoms with Crippen molar-refractivity contribution in [2.75, 3.05) is 19.0 Å². The van der Waals surface area contributed by atoms with Gasteiger partial charge in [-0.3, -0.25) is 0 Å². The molecule has 1 N–H and O–H groups in total. The molecule has 0 atom stereocenters. The van der Waals surface area contributed by atoms with E-state index in [0.717, 1.165) is 5.69 Å². The third-order valence-electron chi connectivity index (χ3n) is 1.81. The van der Waals surface area contributed by atoms with Crippen molar-refractivity contribution in [3.05, 3.63) is 29.8 Å². The standard InChI is InChI=1S/C8H11N3O3S/c1-10(2)7-3-5-8(6-4-7)11(9)15(12,13)14/h3-6H,1-2H3,(H,12,13,14). The zero-order valence-corrected chi connectivity index (χ0v) is 9.14. The van der Waals surface area contributed by atoms with Crippen LogP contribution in [0.1, 0.15) is 0 Å². The average molecular weight is 229 g/mol. The maximum atomic E-state index is 10.6. The van der Waals surface area contributed by atoms with Crippen molar-refractivity contribution < 1.29 is 17.1 Å². The van der Waals surface area contributed by atoms with E-state index in [1.54, 1.807) is 12.1 Å². The normalized spacial score (nSPS) is 11.1. The first-order chi connectivity index (χ1) is 6.82. The SMILES string of the molecule is CN(C)c1ccc([N+](=[N-])S(=O)(=O)O)cc1. The van der Waals surface area contributed by atoms with Crippen molar-refractivity contribution in [3.63, 3.8) is 0 Å². The lowest BCUT2D eigenvalue weighted by Crippen LogP contribution is -2.12. The minimum Gasteiger partial charge on any atom is -0.478 e. The molecule has 7 heteroatoms. The smallest absolute Gasteiger partial charge is 0.478 e. The third kappa shape index (κ3) is 2.74. The van der Waals surface area contributed by atoms with Crippen LogP contribution in [0.15, 0.2) is 24.3 Å². The summed E-state index contributed by atoms with van der Waals surface area (Å²) in [5.41, 5.74) is 9.89. The van der Waals surface area contributed by atoms with Crippen LogP contribution in [0.4, 0.5) is 11.4 Å². The van der Waals surface area contributed by atoms with Crippen LogP contribution in [0.3, 0.4) is 0 Å². The van der Waals surface area contributed by atoms with Crippen LogP contribution in [-0.4, -0.2) is 31.2 Å². The molecule has 0 saturated heterocycles. The third-order valence-corrected chi connectivity index (χ3v) is 2.45. The van der Waals surface area contributed by atoms with Gasteiger partial charge in [-0.1, -0.05) is 0 Å². The van der Waals surface area contributed by atoms with Crippen molar-refractivity contribution in [1.29, 1.82) is 0 Å². The van der Waals surface area contributed by atoms with Crippen molar-refractivity contribution >= 4 is 21.7 Å². The molecule has 0 radical (unpaired) electrons. The molecule has 0 heterocycles. The molecule has 1 aromatic rings. The molecule has 0 aliphatic carbocycles. The van der Waals surface area contributed by atoms with Crippen molar-refractivity contribution in [3.8, 4) is 0 Å². The molecular formula is C8H11N3O3S. The second kappa shape index (κ2) is 3.95. The molecule has 0 amide bonds. The molecule has 82 valence electrons. The van der Waals surface area contributed by atoms with Gasteiger partial charge in [-0.25, -0.2) is 4.55 Å². The summed E-state index contributed by atoms with van der Waals surface area (Å²) in [6.45, 7) is 0. The topological polar surface area (TPSA) is 82.9 Å². The van der Waals surface area contributed by atoms with Crippen molar-refractivity contribution in [2.45, 2.75) is 0 Å². The van der Waals surface area contributed by atoms with Gasteiger partial charge >= 0.3 is 10.3 Å². The highest BCUT2D eigenvalue weighted by molar-refractivity contribution is 7.79. The van der Waals surface area contributed by atoms with Gasteiger partial charge in [0.25, 0.3) is 0 Å². The summed E-state index contributed by atoms with van der Waals surface area (Å²) in [7, 11) is -0.958. The largest absolute Gasteiger partial charge is 0.501 e. The predicted octanol–water partition coefficient (Wildman–Crippen LogP) is 1.22. The summed E-state index contributed by atoms with van der Waals surface area (Å²) >= 11 is 0. The Morgan fingerprint density at radius 3 is 2.07 bits per heavy atom. The molecule has 0 bridgehead atoms. The lowest BCUT2D eigenvalue weighted by molar-refractivity contribution is -0.298. The van der Waals surface area contributed by atoms with Crippen molar-refractivity contribution in [2.24, 2.45) is 0 Å². The van der Waals surface area contributed by atoms with Crippen LogP contribution in [-0.2, 0) is 10.3 Å². The number of hydrogen-bond donors (Lipinski definition) is 1. The second-order valence-electron chi connectivity index (χ2n) is 3.13. The molecule has 0 spiro atoms. The van der Waals surface area contributed by atoms with Crippen LogP contribution in [0.5, 0.6) is 0 Å². The summed E-state index contributed by atoms with van der Waals surface area (Å²) in [5, 5.41) is 0. The van der Waals surface area contributed by atoms with Gasteiger partial charge in [0.05, 0.1) is 0 Å². The summed E-state index contributed by atoms with van der Waals surface area (Å²) in [5.74, 6) is 0. The molecular weight excluding hydrogens is 218 g/mol. The lowest BCUT2D eigenvalue weighted by Gasteiger charge is -2.11. The van der Waals surface area contributed by atoms with E-state index in [1.807, 2.05) is 19.0 Å². The minimum atomic E-state index is -4.61. The molecule has 0 aliphatic rings. The fourth-order valence-electron chi connectivity index (χ4n) is 1.01. The van der Waals surface area contributed by atoms with Crippen LogP contribution < -0.4 is 4.90 Å². The first kappa shape index (κ1) is 11.6. The number of rotatable bonds is 3.